The van der Waals surface area contributed by atoms with E-state index >= 15 is 0 Å². The SMILES string of the molecule is CCC.CCC.O=C(O)c1ccccc1.[CH3-].[CH3-].[Y]. The van der Waals surface area contributed by atoms with Crippen LogP contribution in [0.15, 0.2) is 30.3 Å². The Morgan fingerprint density at radius 1 is 0.944 bits per heavy atom. The Morgan fingerprint density at radius 2 is 1.22 bits per heavy atom. The molecule has 0 saturated carbocycles. The van der Waals surface area contributed by atoms with E-state index in [4.69, 9.17) is 5.11 Å². The molecule has 1 aromatic carbocycles. The van der Waals surface area contributed by atoms with Gasteiger partial charge in [-0.2, -0.15) is 0 Å². The Hall–Kier alpha value is -0.206. The minimum Gasteiger partial charge on any atom is -0.478 e. The van der Waals surface area contributed by atoms with Crippen molar-refractivity contribution in [3.8, 4) is 0 Å². The summed E-state index contributed by atoms with van der Waals surface area (Å²) in [7, 11) is 0. The summed E-state index contributed by atoms with van der Waals surface area (Å²) in [6.45, 7) is 8.50. The number of aromatic carboxylic acids is 1. The first-order valence-corrected chi connectivity index (χ1v) is 5.42. The quantitative estimate of drug-likeness (QED) is 0.727. The zero-order chi connectivity index (χ0) is 12.1. The molecule has 105 valence electrons. The Balaban J connectivity index is -0.0000000549. The molecule has 2 nitrogen and oxygen atoms in total. The predicted molar refractivity (Wildman–Crippen MR) is 78.2 cm³/mol. The van der Waals surface area contributed by atoms with Gasteiger partial charge in [-0.05, 0) is 12.1 Å². The smallest absolute Gasteiger partial charge is 0.335 e. The van der Waals surface area contributed by atoms with Crippen molar-refractivity contribution < 1.29 is 42.6 Å². The van der Waals surface area contributed by atoms with Crippen LogP contribution in [0.1, 0.15) is 50.9 Å². The molecule has 0 atom stereocenters. The van der Waals surface area contributed by atoms with Crippen molar-refractivity contribution in [3.63, 3.8) is 0 Å². The topological polar surface area (TPSA) is 37.3 Å². The first-order chi connectivity index (χ1) is 7.13. The summed E-state index contributed by atoms with van der Waals surface area (Å²) in [5, 5.41) is 8.38. The Labute approximate surface area is 139 Å². The third-order valence-corrected chi connectivity index (χ3v) is 1.02. The van der Waals surface area contributed by atoms with E-state index in [-0.39, 0.29) is 47.6 Å². The Kier molecular flexibility index (Phi) is 43.6. The van der Waals surface area contributed by atoms with Crippen LogP contribution >= 0.6 is 0 Å². The maximum absolute atomic E-state index is 10.2. The number of carboxylic acid groups (broad SMARTS) is 1. The standard InChI is InChI=1S/C7H6O2.2C3H8.2CH3.Y/c8-7(9)6-4-2-1-3-5-6;2*1-3-2;;;/h1-5H,(H,8,9);2*3H2,1-2H3;2*1H3;/q;;;2*-1;. The van der Waals surface area contributed by atoms with E-state index in [1.807, 2.05) is 0 Å². The first kappa shape index (κ1) is 30.7. The minimum absolute atomic E-state index is 0. The third-order valence-electron chi connectivity index (χ3n) is 1.02. The van der Waals surface area contributed by atoms with Crippen molar-refractivity contribution in [2.24, 2.45) is 0 Å². The van der Waals surface area contributed by atoms with Gasteiger partial charge in [0.1, 0.15) is 0 Å². The van der Waals surface area contributed by atoms with Crippen molar-refractivity contribution in [1.82, 2.24) is 0 Å². The number of hydrogen-bond donors (Lipinski definition) is 1. The van der Waals surface area contributed by atoms with Gasteiger partial charge in [0.05, 0.1) is 5.56 Å². The summed E-state index contributed by atoms with van der Waals surface area (Å²) in [5.74, 6) is -0.879. The molecule has 1 rings (SSSR count). The molecule has 0 aliphatic rings. The van der Waals surface area contributed by atoms with Crippen LogP contribution in [0.2, 0.25) is 0 Å². The molecule has 18 heavy (non-hydrogen) atoms. The number of hydrogen-bond acceptors (Lipinski definition) is 1. The molecule has 0 unspecified atom stereocenters. The second-order valence-electron chi connectivity index (χ2n) is 3.09. The van der Waals surface area contributed by atoms with E-state index in [2.05, 4.69) is 27.7 Å². The molecule has 1 aromatic rings. The maximum atomic E-state index is 10.2. The number of carbonyl (C=O) groups is 1. The molecule has 0 aliphatic carbocycles. The fourth-order valence-electron chi connectivity index (χ4n) is 0.581. The second kappa shape index (κ2) is 25.6. The molecular weight excluding hydrogens is 301 g/mol. The molecule has 0 heterocycles. The van der Waals surface area contributed by atoms with Crippen molar-refractivity contribution in [1.29, 1.82) is 0 Å². The van der Waals surface area contributed by atoms with E-state index in [1.165, 1.54) is 12.8 Å². The Bertz CT molecular complexity index is 234. The summed E-state index contributed by atoms with van der Waals surface area (Å²) in [4.78, 5) is 10.2. The fraction of sp³-hybridized carbons (Fsp3) is 0.400. The Morgan fingerprint density at radius 3 is 1.39 bits per heavy atom. The predicted octanol–water partition coefficient (Wildman–Crippen LogP) is 5.12. The van der Waals surface area contributed by atoms with Crippen LogP contribution < -0.4 is 0 Å². The first-order valence-electron chi connectivity index (χ1n) is 5.42. The van der Waals surface area contributed by atoms with Crippen LogP contribution in [0.25, 0.3) is 0 Å². The summed E-state index contributed by atoms with van der Waals surface area (Å²) in [6, 6.07) is 8.30. The summed E-state index contributed by atoms with van der Waals surface area (Å²) in [5.41, 5.74) is 0.331. The molecule has 0 fully saturated rings. The van der Waals surface area contributed by atoms with Crippen molar-refractivity contribution in [2.75, 3.05) is 0 Å². The fourth-order valence-corrected chi connectivity index (χ4v) is 0.581. The van der Waals surface area contributed by atoms with Crippen LogP contribution in [0, 0.1) is 14.9 Å². The van der Waals surface area contributed by atoms with Crippen LogP contribution in [-0.4, -0.2) is 11.1 Å². The van der Waals surface area contributed by atoms with Gasteiger partial charge < -0.3 is 20.0 Å². The summed E-state index contributed by atoms with van der Waals surface area (Å²) >= 11 is 0. The van der Waals surface area contributed by atoms with E-state index < -0.39 is 5.97 Å². The third kappa shape index (κ3) is 24.9. The number of carboxylic acids is 1. The second-order valence-corrected chi connectivity index (χ2v) is 3.09. The van der Waals surface area contributed by atoms with E-state index in [1.54, 1.807) is 30.3 Å². The molecule has 1 radical (unpaired) electrons. The van der Waals surface area contributed by atoms with Gasteiger partial charge in [0.2, 0.25) is 0 Å². The van der Waals surface area contributed by atoms with Gasteiger partial charge in [-0.1, -0.05) is 58.7 Å². The van der Waals surface area contributed by atoms with Crippen LogP contribution in [0.4, 0.5) is 0 Å². The number of rotatable bonds is 1. The minimum atomic E-state index is -0.879. The van der Waals surface area contributed by atoms with Crippen LogP contribution in [0.3, 0.4) is 0 Å². The average Bonchev–Trinajstić information content (AvgIpc) is 2.21. The summed E-state index contributed by atoms with van der Waals surface area (Å²) in [6.07, 6.45) is 2.50. The van der Waals surface area contributed by atoms with Gasteiger partial charge in [-0.25, -0.2) is 4.79 Å². The van der Waals surface area contributed by atoms with Gasteiger partial charge in [0, 0.05) is 32.7 Å². The van der Waals surface area contributed by atoms with Crippen LogP contribution in [-0.2, 0) is 32.7 Å². The zero-order valence-electron chi connectivity index (χ0n) is 12.7. The van der Waals surface area contributed by atoms with Crippen molar-refractivity contribution in [2.45, 2.75) is 40.5 Å². The normalized spacial score (nSPS) is 6.44. The summed E-state index contributed by atoms with van der Waals surface area (Å²) < 4.78 is 0. The molecule has 0 saturated heterocycles. The van der Waals surface area contributed by atoms with Gasteiger partial charge in [0.25, 0.3) is 0 Å². The van der Waals surface area contributed by atoms with Gasteiger partial charge >= 0.3 is 5.97 Å². The van der Waals surface area contributed by atoms with Crippen molar-refractivity contribution >= 4 is 5.97 Å². The molecular formula is C15H28O2Y-2. The molecule has 0 spiro atoms. The molecule has 0 aliphatic heterocycles. The molecule has 0 aromatic heterocycles. The molecule has 0 amide bonds. The zero-order valence-corrected chi connectivity index (χ0v) is 15.6. The van der Waals surface area contributed by atoms with E-state index in [9.17, 15) is 4.79 Å². The largest absolute Gasteiger partial charge is 0.478 e. The van der Waals surface area contributed by atoms with Gasteiger partial charge in [-0.3, -0.25) is 0 Å². The van der Waals surface area contributed by atoms with E-state index in [0.717, 1.165) is 0 Å². The molecule has 3 heteroatoms. The number of benzene rings is 1. The average molecular weight is 329 g/mol. The molecule has 1 N–H and O–H groups in total. The van der Waals surface area contributed by atoms with Crippen LogP contribution in [0.5, 0.6) is 0 Å². The van der Waals surface area contributed by atoms with Gasteiger partial charge in [0.15, 0.2) is 0 Å². The molecule has 0 bridgehead atoms. The van der Waals surface area contributed by atoms with Gasteiger partial charge in [-0.15, -0.1) is 0 Å². The maximum Gasteiger partial charge on any atom is 0.335 e. The van der Waals surface area contributed by atoms with Crippen molar-refractivity contribution in [3.05, 3.63) is 50.7 Å². The van der Waals surface area contributed by atoms with E-state index in [0.29, 0.717) is 5.56 Å². The monoisotopic (exact) mass is 329 g/mol.